The van der Waals surface area contributed by atoms with Crippen molar-refractivity contribution in [2.45, 2.75) is 39.2 Å². The third-order valence-electron chi connectivity index (χ3n) is 5.04. The highest BCUT2D eigenvalue weighted by molar-refractivity contribution is 7.80. The first kappa shape index (κ1) is 21.1. The maximum absolute atomic E-state index is 11.9. The van der Waals surface area contributed by atoms with Crippen molar-refractivity contribution in [3.63, 3.8) is 0 Å². The SMILES string of the molecule is COc1ccc([C@@H](CC(C)C)NC(=S)Nc2ccc(N3CCCC3=O)cc2)cc1. The van der Waals surface area contributed by atoms with Crippen LogP contribution in [0.25, 0.3) is 0 Å². The molecule has 0 bridgehead atoms. The Morgan fingerprint density at radius 2 is 1.83 bits per heavy atom. The fourth-order valence-electron chi connectivity index (χ4n) is 3.56. The Hall–Kier alpha value is -2.60. The third-order valence-corrected chi connectivity index (χ3v) is 5.26. The zero-order valence-electron chi connectivity index (χ0n) is 17.3. The standard InChI is InChI=1S/C23H29N3O2S/c1-16(2)15-21(17-6-12-20(28-3)13-7-17)25-23(29)24-18-8-10-19(11-9-18)26-14-4-5-22(26)27/h6-13,16,21H,4-5,14-15H2,1-3H3,(H2,24,25,29)/t21-/m1/s1. The fourth-order valence-corrected chi connectivity index (χ4v) is 3.82. The fraction of sp³-hybridized carbons (Fsp3) is 0.391. The number of hydrogen-bond donors (Lipinski definition) is 2. The van der Waals surface area contributed by atoms with Gasteiger partial charge in [0.25, 0.3) is 0 Å². The Morgan fingerprint density at radius 3 is 2.38 bits per heavy atom. The van der Waals surface area contributed by atoms with Gasteiger partial charge >= 0.3 is 0 Å². The highest BCUT2D eigenvalue weighted by Gasteiger charge is 2.21. The van der Waals surface area contributed by atoms with E-state index in [4.69, 9.17) is 17.0 Å². The van der Waals surface area contributed by atoms with E-state index in [2.05, 4.69) is 36.6 Å². The molecule has 5 nitrogen and oxygen atoms in total. The molecule has 1 atom stereocenters. The van der Waals surface area contributed by atoms with Crippen molar-refractivity contribution in [1.29, 1.82) is 0 Å². The predicted molar refractivity (Wildman–Crippen MR) is 123 cm³/mol. The number of anilines is 2. The average Bonchev–Trinajstić information content (AvgIpc) is 3.13. The first-order valence-electron chi connectivity index (χ1n) is 10.1. The second-order valence-corrected chi connectivity index (χ2v) is 8.16. The molecule has 2 N–H and O–H groups in total. The van der Waals surface area contributed by atoms with Crippen molar-refractivity contribution >= 4 is 34.6 Å². The van der Waals surface area contributed by atoms with Gasteiger partial charge < -0.3 is 20.3 Å². The van der Waals surface area contributed by atoms with Crippen LogP contribution in [0.15, 0.2) is 48.5 Å². The van der Waals surface area contributed by atoms with Gasteiger partial charge in [0, 0.05) is 24.3 Å². The molecule has 1 saturated heterocycles. The third kappa shape index (κ3) is 5.70. The van der Waals surface area contributed by atoms with Gasteiger partial charge in [-0.3, -0.25) is 4.79 Å². The molecular formula is C23H29N3O2S. The molecular weight excluding hydrogens is 382 g/mol. The molecule has 2 aromatic carbocycles. The van der Waals surface area contributed by atoms with Crippen molar-refractivity contribution in [3.05, 3.63) is 54.1 Å². The summed E-state index contributed by atoms with van der Waals surface area (Å²) in [5.41, 5.74) is 3.01. The summed E-state index contributed by atoms with van der Waals surface area (Å²) in [6.45, 7) is 5.20. The molecule has 0 aliphatic carbocycles. The van der Waals surface area contributed by atoms with E-state index in [1.165, 1.54) is 5.56 Å². The van der Waals surface area contributed by atoms with E-state index in [-0.39, 0.29) is 11.9 Å². The minimum Gasteiger partial charge on any atom is -0.497 e. The molecule has 1 heterocycles. The van der Waals surface area contributed by atoms with E-state index in [0.717, 1.165) is 36.5 Å². The Bertz CT molecular complexity index is 834. The molecule has 0 saturated carbocycles. The summed E-state index contributed by atoms with van der Waals surface area (Å²) in [6.07, 6.45) is 2.52. The zero-order valence-corrected chi connectivity index (χ0v) is 18.1. The zero-order chi connectivity index (χ0) is 20.8. The van der Waals surface area contributed by atoms with Crippen LogP contribution in [0.4, 0.5) is 11.4 Å². The van der Waals surface area contributed by atoms with Gasteiger partial charge in [-0.25, -0.2) is 0 Å². The molecule has 1 amide bonds. The predicted octanol–water partition coefficient (Wildman–Crippen LogP) is 4.90. The summed E-state index contributed by atoms with van der Waals surface area (Å²) >= 11 is 5.56. The van der Waals surface area contributed by atoms with Crippen LogP contribution >= 0.6 is 12.2 Å². The van der Waals surface area contributed by atoms with Crippen LogP contribution in [-0.2, 0) is 4.79 Å². The van der Waals surface area contributed by atoms with E-state index in [1.807, 2.05) is 41.3 Å². The van der Waals surface area contributed by atoms with Crippen LogP contribution in [0.1, 0.15) is 44.7 Å². The smallest absolute Gasteiger partial charge is 0.227 e. The van der Waals surface area contributed by atoms with Gasteiger partial charge in [0.2, 0.25) is 5.91 Å². The normalized spacial score (nSPS) is 14.8. The Kier molecular flexibility index (Phi) is 7.09. The largest absolute Gasteiger partial charge is 0.497 e. The number of rotatable bonds is 7. The Balaban J connectivity index is 1.63. The van der Waals surface area contributed by atoms with Gasteiger partial charge in [-0.05, 0) is 72.9 Å². The molecule has 29 heavy (non-hydrogen) atoms. The van der Waals surface area contributed by atoms with Crippen molar-refractivity contribution in [2.75, 3.05) is 23.9 Å². The van der Waals surface area contributed by atoms with Gasteiger partial charge in [0.05, 0.1) is 13.2 Å². The van der Waals surface area contributed by atoms with E-state index in [0.29, 0.717) is 17.5 Å². The van der Waals surface area contributed by atoms with Gasteiger partial charge in [-0.1, -0.05) is 26.0 Å². The summed E-state index contributed by atoms with van der Waals surface area (Å²) in [5, 5.41) is 7.28. The minimum atomic E-state index is 0.113. The molecule has 2 aromatic rings. The van der Waals surface area contributed by atoms with Crippen LogP contribution in [-0.4, -0.2) is 24.7 Å². The molecule has 3 rings (SSSR count). The van der Waals surface area contributed by atoms with Crippen LogP contribution in [0.3, 0.4) is 0 Å². The number of benzene rings is 2. The maximum atomic E-state index is 11.9. The second kappa shape index (κ2) is 9.74. The van der Waals surface area contributed by atoms with Crippen molar-refractivity contribution in [1.82, 2.24) is 5.32 Å². The molecule has 1 aliphatic rings. The topological polar surface area (TPSA) is 53.6 Å². The van der Waals surface area contributed by atoms with Gasteiger partial charge in [-0.15, -0.1) is 0 Å². The Labute approximate surface area is 178 Å². The summed E-state index contributed by atoms with van der Waals surface area (Å²) in [7, 11) is 1.67. The minimum absolute atomic E-state index is 0.113. The van der Waals surface area contributed by atoms with Crippen LogP contribution in [0, 0.1) is 5.92 Å². The number of amides is 1. The quantitative estimate of drug-likeness (QED) is 0.635. The monoisotopic (exact) mass is 411 g/mol. The van der Waals surface area contributed by atoms with Crippen LogP contribution in [0.2, 0.25) is 0 Å². The van der Waals surface area contributed by atoms with Crippen molar-refractivity contribution in [2.24, 2.45) is 5.92 Å². The number of hydrogen-bond acceptors (Lipinski definition) is 3. The van der Waals surface area contributed by atoms with Crippen LogP contribution < -0.4 is 20.3 Å². The summed E-state index contributed by atoms with van der Waals surface area (Å²) in [6, 6.07) is 16.0. The molecule has 0 spiro atoms. The van der Waals surface area contributed by atoms with Crippen LogP contribution in [0.5, 0.6) is 5.75 Å². The number of methoxy groups -OCH3 is 1. The van der Waals surface area contributed by atoms with E-state index < -0.39 is 0 Å². The molecule has 0 radical (unpaired) electrons. The number of carbonyl (C=O) groups is 1. The summed E-state index contributed by atoms with van der Waals surface area (Å²) < 4.78 is 5.26. The molecule has 1 aliphatic heterocycles. The second-order valence-electron chi connectivity index (χ2n) is 7.75. The lowest BCUT2D eigenvalue weighted by Crippen LogP contribution is -2.33. The number of thiocarbonyl (C=S) groups is 1. The van der Waals surface area contributed by atoms with Crippen molar-refractivity contribution in [3.8, 4) is 5.75 Å². The first-order valence-corrected chi connectivity index (χ1v) is 10.5. The summed E-state index contributed by atoms with van der Waals surface area (Å²) in [5.74, 6) is 1.56. The lowest BCUT2D eigenvalue weighted by Gasteiger charge is -2.23. The lowest BCUT2D eigenvalue weighted by molar-refractivity contribution is -0.117. The number of nitrogens with zero attached hydrogens (tertiary/aromatic N) is 1. The van der Waals surface area contributed by atoms with E-state index in [1.54, 1.807) is 7.11 Å². The van der Waals surface area contributed by atoms with Gasteiger partial charge in [0.1, 0.15) is 5.75 Å². The first-order chi connectivity index (χ1) is 14.0. The van der Waals surface area contributed by atoms with E-state index in [9.17, 15) is 4.79 Å². The number of nitrogens with one attached hydrogen (secondary N) is 2. The molecule has 0 unspecified atom stereocenters. The molecule has 1 fully saturated rings. The van der Waals surface area contributed by atoms with Gasteiger partial charge in [-0.2, -0.15) is 0 Å². The Morgan fingerprint density at radius 1 is 1.14 bits per heavy atom. The highest BCUT2D eigenvalue weighted by atomic mass is 32.1. The molecule has 154 valence electrons. The molecule has 0 aromatic heterocycles. The van der Waals surface area contributed by atoms with Gasteiger partial charge in [0.15, 0.2) is 5.11 Å². The molecule has 6 heteroatoms. The summed E-state index contributed by atoms with van der Waals surface area (Å²) in [4.78, 5) is 13.7. The maximum Gasteiger partial charge on any atom is 0.227 e. The van der Waals surface area contributed by atoms with E-state index >= 15 is 0 Å². The highest BCUT2D eigenvalue weighted by Crippen LogP contribution is 2.25. The number of ether oxygens (including phenoxy) is 1. The average molecular weight is 412 g/mol. The van der Waals surface area contributed by atoms with Crippen molar-refractivity contribution < 1.29 is 9.53 Å². The number of carbonyl (C=O) groups excluding carboxylic acids is 1. The lowest BCUT2D eigenvalue weighted by atomic mass is 9.97.